The molecule has 2 atom stereocenters. The number of aliphatic hydroxyl groups is 1. The van der Waals surface area contributed by atoms with Crippen molar-refractivity contribution in [2.24, 2.45) is 5.92 Å². The Morgan fingerprint density at radius 3 is 2.53 bits per heavy atom. The van der Waals surface area contributed by atoms with Crippen LogP contribution in [0.4, 0.5) is 0 Å². The molecule has 0 bridgehead atoms. The first-order valence-electron chi connectivity index (χ1n) is 5.48. The third-order valence-corrected chi connectivity index (χ3v) is 4.46. The van der Waals surface area contributed by atoms with Crippen LogP contribution in [0.15, 0.2) is 30.3 Å². The molecule has 1 aliphatic rings. The summed E-state index contributed by atoms with van der Waals surface area (Å²) in [5.41, 5.74) is 1.09. The predicted molar refractivity (Wildman–Crippen MR) is 66.1 cm³/mol. The van der Waals surface area contributed by atoms with Crippen LogP contribution in [-0.4, -0.2) is 31.1 Å². The van der Waals surface area contributed by atoms with Gasteiger partial charge in [-0.3, -0.25) is 0 Å². The summed E-state index contributed by atoms with van der Waals surface area (Å²) in [5, 5.41) is 9.54. The highest BCUT2D eigenvalue weighted by molar-refractivity contribution is 7.91. The van der Waals surface area contributed by atoms with Crippen molar-refractivity contribution in [2.45, 2.75) is 12.5 Å². The lowest BCUT2D eigenvalue weighted by Gasteiger charge is -2.02. The Hall–Kier alpha value is -1.31. The fourth-order valence-electron chi connectivity index (χ4n) is 1.85. The molecule has 1 heterocycles. The molecule has 3 nitrogen and oxygen atoms in total. The fourth-order valence-corrected chi connectivity index (χ4v) is 3.59. The van der Waals surface area contributed by atoms with Crippen LogP contribution in [0, 0.1) is 17.8 Å². The van der Waals surface area contributed by atoms with E-state index >= 15 is 0 Å². The first-order valence-corrected chi connectivity index (χ1v) is 7.30. The molecule has 1 aromatic carbocycles. The average molecular weight is 250 g/mol. The zero-order chi connectivity index (χ0) is 12.3. The van der Waals surface area contributed by atoms with E-state index in [9.17, 15) is 13.5 Å². The molecule has 1 fully saturated rings. The molecule has 0 aliphatic carbocycles. The second-order valence-corrected chi connectivity index (χ2v) is 6.39. The van der Waals surface area contributed by atoms with Crippen LogP contribution in [0.25, 0.3) is 0 Å². The Morgan fingerprint density at radius 1 is 1.24 bits per heavy atom. The summed E-state index contributed by atoms with van der Waals surface area (Å²) < 4.78 is 22.5. The molecule has 2 rings (SSSR count). The first kappa shape index (κ1) is 12.2. The van der Waals surface area contributed by atoms with E-state index in [1.54, 1.807) is 0 Å². The molecular weight excluding hydrogens is 236 g/mol. The van der Waals surface area contributed by atoms with Crippen molar-refractivity contribution >= 4 is 9.84 Å². The van der Waals surface area contributed by atoms with Crippen molar-refractivity contribution in [1.82, 2.24) is 0 Å². The van der Waals surface area contributed by atoms with Crippen LogP contribution in [0.3, 0.4) is 0 Å². The number of hydrogen-bond donors (Lipinski definition) is 1. The van der Waals surface area contributed by atoms with Gasteiger partial charge in [0, 0.05) is 6.42 Å². The maximum atomic E-state index is 11.3. The average Bonchev–Trinajstić information content (AvgIpc) is 2.53. The molecule has 0 unspecified atom stereocenters. The van der Waals surface area contributed by atoms with Crippen molar-refractivity contribution in [3.63, 3.8) is 0 Å². The lowest BCUT2D eigenvalue weighted by atomic mass is 10.1. The molecule has 17 heavy (non-hydrogen) atoms. The van der Waals surface area contributed by atoms with Gasteiger partial charge in [0.25, 0.3) is 0 Å². The Morgan fingerprint density at radius 2 is 1.94 bits per heavy atom. The molecule has 0 spiro atoms. The lowest BCUT2D eigenvalue weighted by molar-refractivity contribution is 0.174. The van der Waals surface area contributed by atoms with Gasteiger partial charge < -0.3 is 5.11 Å². The lowest BCUT2D eigenvalue weighted by Crippen LogP contribution is -2.15. The van der Waals surface area contributed by atoms with Crippen molar-refractivity contribution < 1.29 is 13.5 Å². The highest BCUT2D eigenvalue weighted by atomic mass is 32.2. The second-order valence-electron chi connectivity index (χ2n) is 4.23. The molecule has 0 aromatic heterocycles. The monoisotopic (exact) mass is 250 g/mol. The van der Waals surface area contributed by atoms with Crippen LogP contribution in [0.2, 0.25) is 0 Å². The van der Waals surface area contributed by atoms with Crippen LogP contribution in [0.5, 0.6) is 0 Å². The predicted octanol–water partition coefficient (Wildman–Crippen LogP) is 0.638. The van der Waals surface area contributed by atoms with Gasteiger partial charge in [0.1, 0.15) is 0 Å². The van der Waals surface area contributed by atoms with Crippen LogP contribution in [0.1, 0.15) is 5.56 Å². The zero-order valence-corrected chi connectivity index (χ0v) is 10.2. The van der Waals surface area contributed by atoms with Crippen molar-refractivity contribution in [2.75, 3.05) is 11.5 Å². The molecule has 4 heteroatoms. The van der Waals surface area contributed by atoms with Gasteiger partial charge in [-0.15, -0.1) is 0 Å². The van der Waals surface area contributed by atoms with Gasteiger partial charge in [0.15, 0.2) is 9.84 Å². The third kappa shape index (κ3) is 3.32. The number of sulfone groups is 1. The first-order chi connectivity index (χ1) is 8.07. The second kappa shape index (κ2) is 4.91. The molecule has 1 saturated heterocycles. The van der Waals surface area contributed by atoms with E-state index in [0.717, 1.165) is 5.56 Å². The minimum absolute atomic E-state index is 0.0179. The minimum Gasteiger partial charge on any atom is -0.391 e. The van der Waals surface area contributed by atoms with E-state index in [-0.39, 0.29) is 11.5 Å². The molecule has 1 N–H and O–H groups in total. The zero-order valence-electron chi connectivity index (χ0n) is 9.33. The third-order valence-electron chi connectivity index (χ3n) is 2.75. The SMILES string of the molecule is O=S1(=O)C[C@@H](O)[C@H](C#CCc2ccccc2)C1. The standard InChI is InChI=1S/C13H14O3S/c14-13-10-17(15,16)9-12(13)8-4-7-11-5-2-1-3-6-11/h1-3,5-6,12-14H,7,9-10H2/t12-,13-/m1/s1. The van der Waals surface area contributed by atoms with Crippen molar-refractivity contribution in [3.8, 4) is 11.8 Å². The summed E-state index contributed by atoms with van der Waals surface area (Å²) in [4.78, 5) is 0. The minimum atomic E-state index is -3.09. The molecule has 0 radical (unpaired) electrons. The van der Waals surface area contributed by atoms with E-state index in [1.807, 2.05) is 30.3 Å². The summed E-state index contributed by atoms with van der Waals surface area (Å²) in [6, 6.07) is 9.75. The van der Waals surface area contributed by atoms with Gasteiger partial charge in [0.05, 0.1) is 23.5 Å². The molecule has 1 aromatic rings. The van der Waals surface area contributed by atoms with Gasteiger partial charge in [0.2, 0.25) is 0 Å². The highest BCUT2D eigenvalue weighted by Crippen LogP contribution is 2.18. The topological polar surface area (TPSA) is 54.4 Å². The van der Waals surface area contributed by atoms with E-state index in [1.165, 1.54) is 0 Å². The van der Waals surface area contributed by atoms with E-state index in [4.69, 9.17) is 0 Å². The van der Waals surface area contributed by atoms with Crippen LogP contribution >= 0.6 is 0 Å². The number of hydrogen-bond acceptors (Lipinski definition) is 3. The summed E-state index contributed by atoms with van der Waals surface area (Å²) in [7, 11) is -3.09. The largest absolute Gasteiger partial charge is 0.391 e. The highest BCUT2D eigenvalue weighted by Gasteiger charge is 2.35. The summed E-state index contributed by atoms with van der Waals surface area (Å²) in [6.07, 6.45) is -0.243. The molecular formula is C13H14O3S. The Bertz CT molecular complexity index is 537. The van der Waals surface area contributed by atoms with Gasteiger partial charge in [-0.1, -0.05) is 42.2 Å². The van der Waals surface area contributed by atoms with Gasteiger partial charge >= 0.3 is 0 Å². The number of aliphatic hydroxyl groups excluding tert-OH is 1. The normalized spacial score (nSPS) is 26.2. The molecule has 0 amide bonds. The summed E-state index contributed by atoms with van der Waals surface area (Å²) >= 11 is 0. The van der Waals surface area contributed by atoms with E-state index in [2.05, 4.69) is 11.8 Å². The van der Waals surface area contributed by atoms with Crippen LogP contribution in [-0.2, 0) is 16.3 Å². The quantitative estimate of drug-likeness (QED) is 0.744. The van der Waals surface area contributed by atoms with Crippen molar-refractivity contribution in [3.05, 3.63) is 35.9 Å². The van der Waals surface area contributed by atoms with Gasteiger partial charge in [-0.25, -0.2) is 8.42 Å². The Labute approximate surface area is 101 Å². The van der Waals surface area contributed by atoms with Crippen molar-refractivity contribution in [1.29, 1.82) is 0 Å². The molecule has 90 valence electrons. The smallest absolute Gasteiger partial charge is 0.154 e. The Balaban J connectivity index is 1.99. The van der Waals surface area contributed by atoms with E-state index < -0.39 is 21.9 Å². The maximum absolute atomic E-state index is 11.3. The summed E-state index contributed by atoms with van der Waals surface area (Å²) in [5.74, 6) is 5.19. The molecule has 1 aliphatic heterocycles. The van der Waals surface area contributed by atoms with Crippen LogP contribution < -0.4 is 0 Å². The molecule has 0 saturated carbocycles. The fraction of sp³-hybridized carbons (Fsp3) is 0.385. The van der Waals surface area contributed by atoms with E-state index in [0.29, 0.717) is 6.42 Å². The number of rotatable bonds is 1. The summed E-state index contributed by atoms with van der Waals surface area (Å²) in [6.45, 7) is 0. The maximum Gasteiger partial charge on any atom is 0.154 e. The Kier molecular flexibility index (Phi) is 3.51. The van der Waals surface area contributed by atoms with Gasteiger partial charge in [-0.05, 0) is 5.56 Å². The van der Waals surface area contributed by atoms with Gasteiger partial charge in [-0.2, -0.15) is 0 Å². The number of benzene rings is 1.